The van der Waals surface area contributed by atoms with E-state index in [0.717, 1.165) is 12.8 Å². The molecule has 0 saturated carbocycles. The van der Waals surface area contributed by atoms with Gasteiger partial charge in [0.15, 0.2) is 6.29 Å². The van der Waals surface area contributed by atoms with E-state index >= 15 is 0 Å². The van der Waals surface area contributed by atoms with Crippen molar-refractivity contribution >= 4 is 6.29 Å². The van der Waals surface area contributed by atoms with Crippen molar-refractivity contribution in [2.24, 2.45) is 0 Å². The second-order valence-corrected chi connectivity index (χ2v) is 3.32. The van der Waals surface area contributed by atoms with Crippen LogP contribution in [0, 0.1) is 0 Å². The van der Waals surface area contributed by atoms with Crippen LogP contribution in [0.1, 0.15) is 12.0 Å². The fraction of sp³-hybridized carbons (Fsp3) is 0.417. The number of aldehydes is 1. The molecular weight excluding hydrogens is 192 g/mol. The van der Waals surface area contributed by atoms with Crippen molar-refractivity contribution < 1.29 is 14.6 Å². The summed E-state index contributed by atoms with van der Waals surface area (Å²) in [4.78, 5) is 10.3. The van der Waals surface area contributed by atoms with Gasteiger partial charge in [-0.25, -0.2) is 0 Å². The van der Waals surface area contributed by atoms with E-state index in [9.17, 15) is 4.79 Å². The normalized spacial score (nSPS) is 12.3. The topological polar surface area (TPSA) is 46.5 Å². The van der Waals surface area contributed by atoms with Gasteiger partial charge in [-0.3, -0.25) is 0 Å². The van der Waals surface area contributed by atoms with E-state index in [1.807, 2.05) is 18.2 Å². The van der Waals surface area contributed by atoms with E-state index < -0.39 is 6.10 Å². The predicted molar refractivity (Wildman–Crippen MR) is 57.7 cm³/mol. The molecule has 0 heterocycles. The number of hydrogen-bond acceptors (Lipinski definition) is 3. The molecule has 0 spiro atoms. The zero-order chi connectivity index (χ0) is 10.9. The first-order chi connectivity index (χ1) is 7.36. The van der Waals surface area contributed by atoms with Crippen LogP contribution in [-0.2, 0) is 16.0 Å². The van der Waals surface area contributed by atoms with Gasteiger partial charge >= 0.3 is 0 Å². The minimum Gasteiger partial charge on any atom is -0.393 e. The summed E-state index contributed by atoms with van der Waals surface area (Å²) in [6.45, 7) is 0.258. The second-order valence-electron chi connectivity index (χ2n) is 3.32. The minimum atomic E-state index is -0.666. The molecule has 0 aromatic heterocycles. The van der Waals surface area contributed by atoms with Gasteiger partial charge in [-0.05, 0) is 18.4 Å². The van der Waals surface area contributed by atoms with E-state index in [1.54, 1.807) is 0 Å². The molecule has 0 aliphatic heterocycles. The summed E-state index contributed by atoms with van der Waals surface area (Å²) < 4.78 is 5.14. The molecule has 0 aliphatic carbocycles. The molecule has 1 aromatic carbocycles. The van der Waals surface area contributed by atoms with E-state index in [1.165, 1.54) is 5.56 Å². The SMILES string of the molecule is O=C[C@@H](CO)OCCCc1ccccc1. The van der Waals surface area contributed by atoms with Crippen molar-refractivity contribution in [3.05, 3.63) is 35.9 Å². The number of rotatable bonds is 7. The Hall–Kier alpha value is -1.19. The van der Waals surface area contributed by atoms with E-state index in [4.69, 9.17) is 9.84 Å². The molecule has 0 amide bonds. The minimum absolute atomic E-state index is 0.241. The highest BCUT2D eigenvalue weighted by atomic mass is 16.5. The largest absolute Gasteiger partial charge is 0.393 e. The number of aryl methyl sites for hydroxylation is 1. The highest BCUT2D eigenvalue weighted by Crippen LogP contribution is 2.02. The molecule has 0 aliphatic rings. The summed E-state index contributed by atoms with van der Waals surface area (Å²) in [5.74, 6) is 0. The first kappa shape index (κ1) is 11.9. The Morgan fingerprint density at radius 3 is 2.67 bits per heavy atom. The van der Waals surface area contributed by atoms with Crippen molar-refractivity contribution in [3.63, 3.8) is 0 Å². The van der Waals surface area contributed by atoms with E-state index in [0.29, 0.717) is 12.9 Å². The molecule has 0 fully saturated rings. The number of hydrogen-bond donors (Lipinski definition) is 1. The molecule has 82 valence electrons. The summed E-state index contributed by atoms with van der Waals surface area (Å²) >= 11 is 0. The van der Waals surface area contributed by atoms with E-state index in [-0.39, 0.29) is 6.61 Å². The average molecular weight is 208 g/mol. The summed E-state index contributed by atoms with van der Waals surface area (Å²) in [5, 5.41) is 8.69. The van der Waals surface area contributed by atoms with Gasteiger partial charge in [0, 0.05) is 6.61 Å². The number of carbonyl (C=O) groups is 1. The molecule has 1 aromatic rings. The Bertz CT molecular complexity index is 271. The van der Waals surface area contributed by atoms with Gasteiger partial charge in [-0.2, -0.15) is 0 Å². The highest BCUT2D eigenvalue weighted by molar-refractivity contribution is 5.55. The molecule has 0 unspecified atom stereocenters. The van der Waals surface area contributed by atoms with Crippen molar-refractivity contribution in [1.29, 1.82) is 0 Å². The standard InChI is InChI=1S/C12H16O3/c13-9-12(10-14)15-8-4-7-11-5-2-1-3-6-11/h1-3,5-6,9,12,14H,4,7-8,10H2/t12-/m0/s1. The number of aliphatic hydroxyl groups is 1. The molecule has 1 N–H and O–H groups in total. The molecule has 3 heteroatoms. The first-order valence-electron chi connectivity index (χ1n) is 5.08. The van der Waals surface area contributed by atoms with Gasteiger partial charge in [0.1, 0.15) is 6.10 Å². The third-order valence-corrected chi connectivity index (χ3v) is 2.12. The van der Waals surface area contributed by atoms with Crippen molar-refractivity contribution in [2.75, 3.05) is 13.2 Å². The van der Waals surface area contributed by atoms with Gasteiger partial charge in [0.25, 0.3) is 0 Å². The maximum absolute atomic E-state index is 10.3. The molecule has 3 nitrogen and oxygen atoms in total. The molecule has 1 rings (SSSR count). The summed E-state index contributed by atoms with van der Waals surface area (Å²) in [6.07, 6.45) is 1.75. The highest BCUT2D eigenvalue weighted by Gasteiger charge is 2.04. The lowest BCUT2D eigenvalue weighted by Gasteiger charge is -2.08. The third kappa shape index (κ3) is 4.72. The zero-order valence-electron chi connectivity index (χ0n) is 8.63. The Labute approximate surface area is 89.7 Å². The Morgan fingerprint density at radius 1 is 1.33 bits per heavy atom. The monoisotopic (exact) mass is 208 g/mol. The van der Waals surface area contributed by atoms with Crippen LogP contribution in [0.15, 0.2) is 30.3 Å². The molecule has 0 bridgehead atoms. The van der Waals surface area contributed by atoms with Crippen LogP contribution < -0.4 is 0 Å². The number of aliphatic hydroxyl groups excluding tert-OH is 1. The number of benzene rings is 1. The lowest BCUT2D eigenvalue weighted by molar-refractivity contribution is -0.120. The Morgan fingerprint density at radius 2 is 2.07 bits per heavy atom. The summed E-state index contributed by atoms with van der Waals surface area (Å²) in [6, 6.07) is 10.1. The number of carbonyl (C=O) groups excluding carboxylic acids is 1. The average Bonchev–Trinajstić information content (AvgIpc) is 2.31. The van der Waals surface area contributed by atoms with Crippen LogP contribution in [-0.4, -0.2) is 30.7 Å². The summed E-state index contributed by atoms with van der Waals surface area (Å²) in [7, 11) is 0. The molecule has 0 saturated heterocycles. The van der Waals surface area contributed by atoms with Gasteiger partial charge in [-0.1, -0.05) is 30.3 Å². The smallest absolute Gasteiger partial charge is 0.151 e. The van der Waals surface area contributed by atoms with Crippen molar-refractivity contribution in [2.45, 2.75) is 18.9 Å². The fourth-order valence-electron chi connectivity index (χ4n) is 1.29. The zero-order valence-corrected chi connectivity index (χ0v) is 8.63. The van der Waals surface area contributed by atoms with E-state index in [2.05, 4.69) is 12.1 Å². The van der Waals surface area contributed by atoms with Crippen LogP contribution >= 0.6 is 0 Å². The molecule has 0 radical (unpaired) electrons. The van der Waals surface area contributed by atoms with Crippen LogP contribution in [0.2, 0.25) is 0 Å². The second kappa shape index (κ2) is 7.15. The fourth-order valence-corrected chi connectivity index (χ4v) is 1.29. The Balaban J connectivity index is 2.14. The van der Waals surface area contributed by atoms with Crippen LogP contribution in [0.5, 0.6) is 0 Å². The van der Waals surface area contributed by atoms with Crippen LogP contribution in [0.25, 0.3) is 0 Å². The summed E-state index contributed by atoms with van der Waals surface area (Å²) in [5.41, 5.74) is 1.26. The lowest BCUT2D eigenvalue weighted by atomic mass is 10.1. The molecular formula is C12H16O3. The van der Waals surface area contributed by atoms with Crippen LogP contribution in [0.3, 0.4) is 0 Å². The third-order valence-electron chi connectivity index (χ3n) is 2.12. The van der Waals surface area contributed by atoms with Gasteiger partial charge < -0.3 is 14.6 Å². The van der Waals surface area contributed by atoms with Crippen molar-refractivity contribution in [3.8, 4) is 0 Å². The maximum Gasteiger partial charge on any atom is 0.151 e. The predicted octanol–water partition coefficient (Wildman–Crippen LogP) is 1.20. The van der Waals surface area contributed by atoms with Gasteiger partial charge in [0.05, 0.1) is 6.61 Å². The van der Waals surface area contributed by atoms with Crippen molar-refractivity contribution in [1.82, 2.24) is 0 Å². The van der Waals surface area contributed by atoms with Crippen LogP contribution in [0.4, 0.5) is 0 Å². The first-order valence-corrected chi connectivity index (χ1v) is 5.08. The number of ether oxygens (including phenoxy) is 1. The van der Waals surface area contributed by atoms with Gasteiger partial charge in [-0.15, -0.1) is 0 Å². The lowest BCUT2D eigenvalue weighted by Crippen LogP contribution is -2.19. The van der Waals surface area contributed by atoms with Gasteiger partial charge in [0.2, 0.25) is 0 Å². The Kier molecular flexibility index (Phi) is 5.66. The molecule has 15 heavy (non-hydrogen) atoms. The quantitative estimate of drug-likeness (QED) is 0.541. The molecule has 1 atom stereocenters. The maximum atomic E-state index is 10.3.